The average Bonchev–Trinajstić information content (AvgIpc) is 2.22. The first-order chi connectivity index (χ1) is 10.2. The topological polar surface area (TPSA) is 103 Å². The van der Waals surface area contributed by atoms with Gasteiger partial charge in [0.15, 0.2) is 0 Å². The van der Waals surface area contributed by atoms with Crippen LogP contribution in [0.3, 0.4) is 0 Å². The van der Waals surface area contributed by atoms with Gasteiger partial charge in [-0.15, -0.1) is 0 Å². The molecule has 0 aromatic rings. The summed E-state index contributed by atoms with van der Waals surface area (Å²) >= 11 is 0. The monoisotopic (exact) mass is 327 g/mol. The third kappa shape index (κ3) is 9.51. The summed E-state index contributed by atoms with van der Waals surface area (Å²) in [4.78, 5) is 35.3. The zero-order valence-electron chi connectivity index (χ0n) is 14.8. The van der Waals surface area contributed by atoms with Gasteiger partial charge in [-0.25, -0.2) is 9.59 Å². The summed E-state index contributed by atoms with van der Waals surface area (Å²) in [5.74, 6) is -2.97. The van der Waals surface area contributed by atoms with E-state index < -0.39 is 34.7 Å². The van der Waals surface area contributed by atoms with Crippen LogP contribution in [0.5, 0.6) is 0 Å². The van der Waals surface area contributed by atoms with Crippen molar-refractivity contribution in [2.75, 3.05) is 0 Å². The van der Waals surface area contributed by atoms with E-state index in [-0.39, 0.29) is 12.8 Å². The Morgan fingerprint density at radius 3 is 1.65 bits per heavy atom. The highest BCUT2D eigenvalue weighted by atomic mass is 16.6. The van der Waals surface area contributed by atoms with Crippen molar-refractivity contribution in [1.82, 2.24) is 0 Å². The van der Waals surface area contributed by atoms with Gasteiger partial charge in [0.2, 0.25) is 0 Å². The second kappa shape index (κ2) is 7.44. The highest BCUT2D eigenvalue weighted by Crippen LogP contribution is 2.20. The Morgan fingerprint density at radius 2 is 1.26 bits per heavy atom. The van der Waals surface area contributed by atoms with Crippen LogP contribution in [0.2, 0.25) is 0 Å². The maximum atomic E-state index is 11.8. The average molecular weight is 327 g/mol. The van der Waals surface area contributed by atoms with Crippen molar-refractivity contribution in [1.29, 1.82) is 5.26 Å². The van der Waals surface area contributed by atoms with Crippen LogP contribution in [-0.4, -0.2) is 34.7 Å². The van der Waals surface area contributed by atoms with Gasteiger partial charge in [0.25, 0.3) is 0 Å². The van der Waals surface area contributed by atoms with Gasteiger partial charge in [0.05, 0.1) is 18.9 Å². The van der Waals surface area contributed by atoms with Crippen LogP contribution < -0.4 is 0 Å². The predicted octanol–water partition coefficient (Wildman–Crippen LogP) is 2.28. The minimum Gasteiger partial charge on any atom is -0.460 e. The van der Waals surface area contributed by atoms with Gasteiger partial charge >= 0.3 is 17.9 Å². The maximum Gasteiger partial charge on any atom is 0.418 e. The Bertz CT molecular complexity index is 508. The molecule has 0 aliphatic carbocycles. The molecule has 0 aromatic carbocycles. The molecular formula is C16H25NO6. The molecule has 0 saturated carbocycles. The second-order valence-corrected chi connectivity index (χ2v) is 7.40. The zero-order valence-corrected chi connectivity index (χ0v) is 14.8. The van der Waals surface area contributed by atoms with Crippen molar-refractivity contribution < 1.29 is 28.6 Å². The number of esters is 3. The summed E-state index contributed by atoms with van der Waals surface area (Å²) in [6, 6.07) is 1.86. The van der Waals surface area contributed by atoms with Gasteiger partial charge in [0, 0.05) is 0 Å². The van der Waals surface area contributed by atoms with Crippen LogP contribution in [0, 0.1) is 11.3 Å². The largest absolute Gasteiger partial charge is 0.460 e. The smallest absolute Gasteiger partial charge is 0.418 e. The second-order valence-electron chi connectivity index (χ2n) is 7.40. The summed E-state index contributed by atoms with van der Waals surface area (Å²) in [6.45, 7) is 11.2. The highest BCUT2D eigenvalue weighted by Gasteiger charge is 2.34. The lowest BCUT2D eigenvalue weighted by molar-refractivity contribution is -0.185. The van der Waals surface area contributed by atoms with E-state index in [0.29, 0.717) is 0 Å². The van der Waals surface area contributed by atoms with Crippen LogP contribution in [0.1, 0.15) is 61.3 Å². The van der Waals surface area contributed by atoms with Gasteiger partial charge in [-0.2, -0.15) is 5.26 Å². The van der Waals surface area contributed by atoms with E-state index in [1.54, 1.807) is 20.8 Å². The summed E-state index contributed by atoms with van der Waals surface area (Å²) in [7, 11) is 0. The van der Waals surface area contributed by atoms with E-state index in [4.69, 9.17) is 19.5 Å². The standard InChI is InChI=1S/C16H25NO6/c1-14(2,3)21-11(18)10-16(6,7)23-13(20)12(19)22-15(4,5)8-9-17/h8,10H2,1-7H3. The number of carbonyl (C=O) groups excluding carboxylic acids is 3. The fourth-order valence-corrected chi connectivity index (χ4v) is 1.57. The van der Waals surface area contributed by atoms with Crippen LogP contribution in [0.4, 0.5) is 0 Å². The Labute approximate surface area is 136 Å². The molecule has 0 aliphatic rings. The number of hydrogen-bond donors (Lipinski definition) is 0. The molecule has 0 saturated heterocycles. The highest BCUT2D eigenvalue weighted by molar-refractivity contribution is 6.29. The summed E-state index contributed by atoms with van der Waals surface area (Å²) in [6.07, 6.45) is -0.266. The van der Waals surface area contributed by atoms with Crippen molar-refractivity contribution in [2.24, 2.45) is 0 Å². The third-order valence-corrected chi connectivity index (χ3v) is 2.40. The van der Waals surface area contributed by atoms with Gasteiger partial charge in [-0.1, -0.05) is 0 Å². The fourth-order valence-electron chi connectivity index (χ4n) is 1.57. The molecule has 0 fully saturated rings. The molecular weight excluding hydrogens is 302 g/mol. The van der Waals surface area contributed by atoms with E-state index in [2.05, 4.69) is 0 Å². The first-order valence-electron chi connectivity index (χ1n) is 7.22. The molecule has 0 spiro atoms. The molecule has 0 radical (unpaired) electrons. The first-order valence-corrected chi connectivity index (χ1v) is 7.22. The van der Waals surface area contributed by atoms with Gasteiger partial charge < -0.3 is 14.2 Å². The van der Waals surface area contributed by atoms with Gasteiger partial charge in [-0.3, -0.25) is 4.79 Å². The Kier molecular flexibility index (Phi) is 6.77. The lowest BCUT2D eigenvalue weighted by Gasteiger charge is -2.27. The van der Waals surface area contributed by atoms with Crippen LogP contribution in [0.25, 0.3) is 0 Å². The zero-order chi connectivity index (χ0) is 18.5. The quantitative estimate of drug-likeness (QED) is 0.433. The van der Waals surface area contributed by atoms with Crippen molar-refractivity contribution >= 4 is 17.9 Å². The molecule has 0 amide bonds. The lowest BCUT2D eigenvalue weighted by atomic mass is 10.0. The molecule has 7 heteroatoms. The molecule has 0 aliphatic heterocycles. The molecule has 0 unspecified atom stereocenters. The predicted molar refractivity (Wildman–Crippen MR) is 81.0 cm³/mol. The molecule has 0 bridgehead atoms. The van der Waals surface area contributed by atoms with Crippen LogP contribution in [0.15, 0.2) is 0 Å². The third-order valence-electron chi connectivity index (χ3n) is 2.40. The molecule has 7 nitrogen and oxygen atoms in total. The lowest BCUT2D eigenvalue weighted by Crippen LogP contribution is -2.39. The maximum absolute atomic E-state index is 11.8. The molecule has 0 atom stereocenters. The molecule has 0 aromatic heterocycles. The van der Waals surface area contributed by atoms with E-state index in [0.717, 1.165) is 0 Å². The Hall–Kier alpha value is -2.10. The number of ether oxygens (including phenoxy) is 3. The fraction of sp³-hybridized carbons (Fsp3) is 0.750. The van der Waals surface area contributed by atoms with Crippen molar-refractivity contribution in [2.45, 2.75) is 78.1 Å². The first kappa shape index (κ1) is 20.9. The SMILES string of the molecule is CC(C)(C)OC(=O)CC(C)(C)OC(=O)C(=O)OC(C)(C)CC#N. The Balaban J connectivity index is 4.66. The van der Waals surface area contributed by atoms with E-state index >= 15 is 0 Å². The summed E-state index contributed by atoms with van der Waals surface area (Å²) in [5.41, 5.74) is -2.98. The molecule has 0 rings (SSSR count). The number of nitrogens with zero attached hydrogens (tertiary/aromatic N) is 1. The molecule has 23 heavy (non-hydrogen) atoms. The normalized spacial score (nSPS) is 12.1. The van der Waals surface area contributed by atoms with Gasteiger partial charge in [0.1, 0.15) is 16.8 Å². The number of rotatable bonds is 5. The minimum atomic E-state index is -1.22. The van der Waals surface area contributed by atoms with Crippen molar-refractivity contribution in [3.63, 3.8) is 0 Å². The van der Waals surface area contributed by atoms with E-state index in [1.807, 2.05) is 6.07 Å². The molecule has 130 valence electrons. The van der Waals surface area contributed by atoms with E-state index in [1.165, 1.54) is 27.7 Å². The number of hydrogen-bond acceptors (Lipinski definition) is 7. The Morgan fingerprint density at radius 1 is 0.826 bits per heavy atom. The van der Waals surface area contributed by atoms with Gasteiger partial charge in [-0.05, 0) is 48.5 Å². The number of nitriles is 1. The van der Waals surface area contributed by atoms with Crippen molar-refractivity contribution in [3.8, 4) is 6.07 Å². The minimum absolute atomic E-state index is 0.0622. The summed E-state index contributed by atoms with van der Waals surface area (Å²) < 4.78 is 15.1. The molecule has 0 heterocycles. The summed E-state index contributed by atoms with van der Waals surface area (Å²) in [5, 5.41) is 8.62. The van der Waals surface area contributed by atoms with Crippen LogP contribution in [-0.2, 0) is 28.6 Å². The molecule has 0 N–H and O–H groups in total. The van der Waals surface area contributed by atoms with E-state index in [9.17, 15) is 14.4 Å². The van der Waals surface area contributed by atoms with Crippen molar-refractivity contribution in [3.05, 3.63) is 0 Å². The van der Waals surface area contributed by atoms with Crippen LogP contribution >= 0.6 is 0 Å². The number of carbonyl (C=O) groups is 3.